The zero-order valence-corrected chi connectivity index (χ0v) is 12.9. The predicted octanol–water partition coefficient (Wildman–Crippen LogP) is 3.16. The van der Waals surface area contributed by atoms with Gasteiger partial charge in [0.2, 0.25) is 5.91 Å². The molecule has 5 nitrogen and oxygen atoms in total. The molecule has 0 fully saturated rings. The smallest absolute Gasteiger partial charge is 0.362 e. The summed E-state index contributed by atoms with van der Waals surface area (Å²) in [7, 11) is 1.66. The fraction of sp³-hybridized carbons (Fsp3) is 0.111. The average Bonchev–Trinajstić information content (AvgIpc) is 2.57. The number of amides is 1. The van der Waals surface area contributed by atoms with Gasteiger partial charge in [-0.2, -0.15) is 0 Å². The third kappa shape index (κ3) is 3.12. The molecule has 24 heavy (non-hydrogen) atoms. The van der Waals surface area contributed by atoms with Gasteiger partial charge in [0.25, 0.3) is 0 Å². The molecule has 0 aliphatic rings. The molecule has 1 heterocycles. The minimum atomic E-state index is -0.634. The highest BCUT2D eigenvalue weighted by molar-refractivity contribution is 6.02. The number of hydrogen-bond acceptors (Lipinski definition) is 4. The standard InChI is InChI=1S/C18H15FN2O3/c1-20-16-13-4-2-3-5-14(13)24-18(23)17(16)21-15(22)10-11-6-8-12(19)9-7-11/h2-9,20H,10H2,1H3,(H,21,22). The van der Waals surface area contributed by atoms with Gasteiger partial charge in [-0.25, -0.2) is 9.18 Å². The molecule has 0 bridgehead atoms. The quantitative estimate of drug-likeness (QED) is 0.723. The first-order valence-electron chi connectivity index (χ1n) is 7.36. The fourth-order valence-corrected chi connectivity index (χ4v) is 2.49. The predicted molar refractivity (Wildman–Crippen MR) is 90.8 cm³/mol. The molecule has 0 aliphatic heterocycles. The van der Waals surface area contributed by atoms with Crippen LogP contribution in [0.4, 0.5) is 15.8 Å². The van der Waals surface area contributed by atoms with Gasteiger partial charge in [-0.05, 0) is 29.8 Å². The van der Waals surface area contributed by atoms with Gasteiger partial charge in [0.05, 0.1) is 12.1 Å². The molecule has 0 aliphatic carbocycles. The SMILES string of the molecule is CNc1c(NC(=O)Cc2ccc(F)cc2)c(=O)oc2ccccc12. The minimum Gasteiger partial charge on any atom is -0.421 e. The van der Waals surface area contributed by atoms with Crippen molar-refractivity contribution in [3.8, 4) is 0 Å². The van der Waals surface area contributed by atoms with Crippen molar-refractivity contribution < 1.29 is 13.6 Å². The van der Waals surface area contributed by atoms with Gasteiger partial charge in [-0.15, -0.1) is 0 Å². The van der Waals surface area contributed by atoms with Crippen LogP contribution in [0, 0.1) is 5.82 Å². The number of benzene rings is 2. The molecule has 0 unspecified atom stereocenters. The zero-order chi connectivity index (χ0) is 17.1. The highest BCUT2D eigenvalue weighted by atomic mass is 19.1. The third-order valence-corrected chi connectivity index (χ3v) is 3.61. The molecule has 0 saturated heterocycles. The van der Waals surface area contributed by atoms with Crippen molar-refractivity contribution in [2.45, 2.75) is 6.42 Å². The van der Waals surface area contributed by atoms with Gasteiger partial charge in [0.1, 0.15) is 11.4 Å². The summed E-state index contributed by atoms with van der Waals surface area (Å²) in [6, 6.07) is 12.7. The van der Waals surface area contributed by atoms with Gasteiger partial charge < -0.3 is 15.1 Å². The highest BCUT2D eigenvalue weighted by Gasteiger charge is 2.16. The monoisotopic (exact) mass is 326 g/mol. The van der Waals surface area contributed by atoms with E-state index in [0.29, 0.717) is 22.2 Å². The summed E-state index contributed by atoms with van der Waals surface area (Å²) in [5, 5.41) is 6.21. The van der Waals surface area contributed by atoms with E-state index < -0.39 is 5.63 Å². The summed E-state index contributed by atoms with van der Waals surface area (Å²) in [5.74, 6) is -0.757. The second-order valence-electron chi connectivity index (χ2n) is 5.24. The summed E-state index contributed by atoms with van der Waals surface area (Å²) in [4.78, 5) is 24.4. The maximum absolute atomic E-state index is 12.9. The van der Waals surface area contributed by atoms with E-state index in [9.17, 15) is 14.0 Å². The first-order valence-corrected chi connectivity index (χ1v) is 7.36. The number of hydrogen-bond donors (Lipinski definition) is 2. The number of fused-ring (bicyclic) bond motifs is 1. The summed E-state index contributed by atoms with van der Waals surface area (Å²) < 4.78 is 18.2. The number of carbonyl (C=O) groups is 1. The number of carbonyl (C=O) groups excluding carboxylic acids is 1. The van der Waals surface area contributed by atoms with Crippen molar-refractivity contribution in [2.24, 2.45) is 0 Å². The maximum atomic E-state index is 12.9. The van der Waals surface area contributed by atoms with Crippen LogP contribution >= 0.6 is 0 Å². The van der Waals surface area contributed by atoms with Crippen molar-refractivity contribution in [3.63, 3.8) is 0 Å². The lowest BCUT2D eigenvalue weighted by molar-refractivity contribution is -0.115. The summed E-state index contributed by atoms with van der Waals surface area (Å²) >= 11 is 0. The van der Waals surface area contributed by atoms with E-state index in [0.717, 1.165) is 0 Å². The molecule has 1 amide bonds. The summed E-state index contributed by atoms with van der Waals surface area (Å²) in [6.07, 6.45) is 0.0235. The lowest BCUT2D eigenvalue weighted by Crippen LogP contribution is -2.21. The van der Waals surface area contributed by atoms with E-state index in [1.54, 1.807) is 25.2 Å². The lowest BCUT2D eigenvalue weighted by Gasteiger charge is -2.12. The van der Waals surface area contributed by atoms with Crippen LogP contribution in [-0.2, 0) is 11.2 Å². The van der Waals surface area contributed by atoms with Crippen LogP contribution in [0.1, 0.15) is 5.56 Å². The second-order valence-corrected chi connectivity index (χ2v) is 5.24. The molecule has 3 aromatic rings. The Hall–Kier alpha value is -3.15. The van der Waals surface area contributed by atoms with Crippen LogP contribution in [0.3, 0.4) is 0 Å². The van der Waals surface area contributed by atoms with Crippen molar-refractivity contribution in [1.29, 1.82) is 0 Å². The third-order valence-electron chi connectivity index (χ3n) is 3.61. The Morgan fingerprint density at radius 3 is 2.50 bits per heavy atom. The number of para-hydroxylation sites is 1. The Labute approximate surface area is 137 Å². The van der Waals surface area contributed by atoms with Crippen LogP contribution in [-0.4, -0.2) is 13.0 Å². The molecule has 2 N–H and O–H groups in total. The van der Waals surface area contributed by atoms with Crippen LogP contribution in [0.2, 0.25) is 0 Å². The minimum absolute atomic E-state index is 0.0235. The van der Waals surface area contributed by atoms with E-state index in [4.69, 9.17) is 4.42 Å². The number of nitrogens with one attached hydrogen (secondary N) is 2. The highest BCUT2D eigenvalue weighted by Crippen LogP contribution is 2.28. The van der Waals surface area contributed by atoms with Gasteiger partial charge >= 0.3 is 5.63 Å². The van der Waals surface area contributed by atoms with Crippen LogP contribution in [0.25, 0.3) is 11.0 Å². The zero-order valence-electron chi connectivity index (χ0n) is 12.9. The van der Waals surface area contributed by atoms with Crippen molar-refractivity contribution in [1.82, 2.24) is 0 Å². The molecular weight excluding hydrogens is 311 g/mol. The average molecular weight is 326 g/mol. The van der Waals surface area contributed by atoms with E-state index in [2.05, 4.69) is 10.6 Å². The molecule has 2 aromatic carbocycles. The molecule has 3 rings (SSSR count). The van der Waals surface area contributed by atoms with Gasteiger partial charge in [-0.1, -0.05) is 24.3 Å². The van der Waals surface area contributed by atoms with E-state index >= 15 is 0 Å². The molecule has 0 radical (unpaired) electrons. The van der Waals surface area contributed by atoms with Crippen molar-refractivity contribution in [2.75, 3.05) is 17.7 Å². The molecule has 122 valence electrons. The molecular formula is C18H15FN2O3. The number of halogens is 1. The Balaban J connectivity index is 1.91. The van der Waals surface area contributed by atoms with Crippen molar-refractivity contribution >= 4 is 28.3 Å². The number of rotatable bonds is 4. The van der Waals surface area contributed by atoms with E-state index in [-0.39, 0.29) is 23.8 Å². The Kier molecular flexibility index (Phi) is 4.29. The molecule has 0 saturated carbocycles. The topological polar surface area (TPSA) is 71.3 Å². The lowest BCUT2D eigenvalue weighted by atomic mass is 10.1. The van der Waals surface area contributed by atoms with Crippen molar-refractivity contribution in [3.05, 3.63) is 70.3 Å². The molecule has 1 aromatic heterocycles. The second kappa shape index (κ2) is 6.54. The van der Waals surface area contributed by atoms with E-state index in [1.807, 2.05) is 6.07 Å². The largest absolute Gasteiger partial charge is 0.421 e. The Morgan fingerprint density at radius 1 is 1.08 bits per heavy atom. The summed E-state index contributed by atoms with van der Waals surface area (Å²) in [6.45, 7) is 0. The van der Waals surface area contributed by atoms with Crippen LogP contribution in [0.5, 0.6) is 0 Å². The number of anilines is 2. The first kappa shape index (κ1) is 15.7. The van der Waals surface area contributed by atoms with Gasteiger partial charge in [0, 0.05) is 12.4 Å². The molecule has 0 atom stereocenters. The normalized spacial score (nSPS) is 10.6. The fourth-order valence-electron chi connectivity index (χ4n) is 2.49. The van der Waals surface area contributed by atoms with E-state index in [1.165, 1.54) is 24.3 Å². The molecule has 0 spiro atoms. The van der Waals surface area contributed by atoms with Gasteiger partial charge in [0.15, 0.2) is 5.69 Å². The summed E-state index contributed by atoms with van der Waals surface area (Å²) in [5.41, 5.74) is 0.997. The van der Waals surface area contributed by atoms with Crippen LogP contribution in [0.15, 0.2) is 57.7 Å². The maximum Gasteiger partial charge on any atom is 0.362 e. The Morgan fingerprint density at radius 2 is 1.79 bits per heavy atom. The molecule has 6 heteroatoms. The first-order chi connectivity index (χ1) is 11.6. The van der Waals surface area contributed by atoms with Crippen LogP contribution < -0.4 is 16.3 Å². The van der Waals surface area contributed by atoms with Gasteiger partial charge in [-0.3, -0.25) is 4.79 Å². The Bertz CT molecular complexity index is 949.